The van der Waals surface area contributed by atoms with Gasteiger partial charge < -0.3 is 149 Å². The molecule has 18 N–H and O–H groups in total. The van der Waals surface area contributed by atoms with Crippen molar-refractivity contribution in [1.82, 2.24) is 73.6 Å². The van der Waals surface area contributed by atoms with E-state index in [9.17, 15) is 30.6 Å². The zero-order valence-electron chi connectivity index (χ0n) is 92.2. The molecule has 11 rings (SSSR count). The molecule has 4 unspecified atom stereocenters. The Morgan fingerprint density at radius 1 is 0.243 bits per heavy atom. The maximum absolute atomic E-state index is 11.5. The maximum atomic E-state index is 11.5. The van der Waals surface area contributed by atoms with Crippen molar-refractivity contribution in [3.8, 4) is 34.5 Å². The summed E-state index contributed by atoms with van der Waals surface area (Å²) in [5, 5.41) is 113. The van der Waals surface area contributed by atoms with Gasteiger partial charge in [-0.2, -0.15) is 0 Å². The third-order valence-corrected chi connectivity index (χ3v) is 28.8. The standard InChI is InChI=1S/C38H64N4O2.C36H56N4O2.C34H58N6O2.6CH3.6Ni/c1-11-37(12-2)23-39-19-27-15-31(35(5,6)7)17-29(33(27)43)21-41-25-38(13-3,14-4)26-42-22-30-18-32(36(8,9)10)16-28(34(30)44)20-40-24-37;1-35(2,3)27-15-23-19-37-29-11-7-9-13-31(29)39-21-25-17-28(36(4,5)6)18-26(34(25)42)22-40-32-14-10-8-12-30(32)38-20-24(16-27)33(23)41;1-33(2,3)29-17-25-21-35-9-13-39(7)15-11-37-23-27-19-30(34(4,5)6)20-28(32(27)42)24-38-12-16-40(8)14-10-36-22-26(18-29)31(25)41;;;;;;;;;;;;/h15-18,39-44H,11-14,19-26H2,1-10H3;15-18,29-32,37-42H,7-14,19-22H2,1-6H3;17-20,35-38,41-42H,9-16,21-24H2,1-8H3;6*1H3;;;;;;/q;;;6*-1;6*+3. The molecule has 2 aliphatic carbocycles. The van der Waals surface area contributed by atoms with Crippen molar-refractivity contribution < 1.29 is 130 Å². The molecule has 2 fully saturated rings. The Bertz CT molecular complexity index is 4020. The molecule has 0 aromatic heterocycles. The van der Waals surface area contributed by atoms with Crippen LogP contribution in [0.1, 0.15) is 330 Å². The first-order valence-corrected chi connectivity index (χ1v) is 49.4. The number of likely N-dealkylation sites (N-methyl/N-ethyl adjacent to an activating group) is 2. The fraction of sp³-hybridized carbons (Fsp3) is 0.632. The molecule has 0 amide bonds. The first-order chi connectivity index (χ1) is 60.3. The van der Waals surface area contributed by atoms with Gasteiger partial charge in [-0.3, -0.25) is 0 Å². The molecule has 6 aromatic rings. The molecule has 26 heteroatoms. The van der Waals surface area contributed by atoms with Gasteiger partial charge in [0.05, 0.1) is 0 Å². The Balaban J connectivity index is -0.000000950. The summed E-state index contributed by atoms with van der Waals surface area (Å²) in [7, 11) is 4.27. The van der Waals surface area contributed by atoms with Crippen LogP contribution in [0.2, 0.25) is 0 Å². The summed E-state index contributed by atoms with van der Waals surface area (Å²) in [6, 6.07) is 27.4. The second-order valence-corrected chi connectivity index (χ2v) is 45.0. The van der Waals surface area contributed by atoms with Gasteiger partial charge in [-0.05, 0) is 142 Å². The van der Waals surface area contributed by atoms with Gasteiger partial charge in [0, 0.05) is 248 Å². The van der Waals surface area contributed by atoms with E-state index in [0.29, 0.717) is 137 Å². The summed E-state index contributed by atoms with van der Waals surface area (Å²) in [6.07, 6.45) is 13.4. The van der Waals surface area contributed by atoms with Gasteiger partial charge in [0.2, 0.25) is 0 Å². The average molecular weight is 2210 g/mol. The molecule has 0 saturated heterocycles. The summed E-state index contributed by atoms with van der Waals surface area (Å²) in [5.74, 6) is 2.47. The molecule has 3 aliphatic heterocycles. The Labute approximate surface area is 915 Å². The fourth-order valence-corrected chi connectivity index (χ4v) is 18.6. The number of hydrogen-bond donors (Lipinski definition) is 18. The van der Waals surface area contributed by atoms with E-state index < -0.39 is 0 Å². The molecule has 0 spiro atoms. The van der Waals surface area contributed by atoms with Crippen molar-refractivity contribution in [2.75, 3.05) is 92.6 Å². The number of fused-ring (bicyclic) bond motifs is 14. The second-order valence-electron chi connectivity index (χ2n) is 45.0. The number of benzene rings is 6. The minimum absolute atomic E-state index is 0. The van der Waals surface area contributed by atoms with Crippen LogP contribution in [0.25, 0.3) is 0 Å². The second kappa shape index (κ2) is 64.8. The Hall–Kier alpha value is -3.48. The quantitative estimate of drug-likeness (QED) is 0.0577. The molecule has 3 heterocycles. The fourth-order valence-electron chi connectivity index (χ4n) is 18.6. The number of rotatable bonds is 4. The van der Waals surface area contributed by atoms with Crippen molar-refractivity contribution in [1.29, 1.82) is 0 Å². The summed E-state index contributed by atoms with van der Waals surface area (Å²) >= 11 is 0. The number of phenols is 6. The van der Waals surface area contributed by atoms with E-state index in [1.54, 1.807) is 0 Å². The zero-order valence-corrected chi connectivity index (χ0v) is 98.1. The van der Waals surface area contributed by atoms with Crippen LogP contribution in [0.5, 0.6) is 34.5 Å². The summed E-state index contributed by atoms with van der Waals surface area (Å²) in [5.41, 5.74) is 19.3. The normalized spacial score (nSPS) is 19.5. The van der Waals surface area contributed by atoms with Gasteiger partial charge in [-0.25, -0.2) is 0 Å². The largest absolute Gasteiger partial charge is 3.00 e. The van der Waals surface area contributed by atoms with Gasteiger partial charge in [-0.15, -0.1) is 0 Å². The van der Waals surface area contributed by atoms with Gasteiger partial charge in [0.1, 0.15) is 34.5 Å². The van der Waals surface area contributed by atoms with Crippen molar-refractivity contribution >= 4 is 0 Å². The van der Waals surface area contributed by atoms with Crippen LogP contribution in [0.3, 0.4) is 0 Å². The molecule has 806 valence electrons. The summed E-state index contributed by atoms with van der Waals surface area (Å²) < 4.78 is 0. The molecule has 140 heavy (non-hydrogen) atoms. The monoisotopic (exact) mass is 2210 g/mol. The van der Waals surface area contributed by atoms with Crippen LogP contribution < -0.4 is 63.8 Å². The van der Waals surface area contributed by atoms with Crippen LogP contribution in [-0.4, -0.2) is 157 Å². The zero-order chi connectivity index (χ0) is 93.7. The van der Waals surface area contributed by atoms with E-state index in [-0.39, 0.29) is 187 Å². The summed E-state index contributed by atoms with van der Waals surface area (Å²) in [6.45, 7) is 67.3. The minimum Gasteiger partial charge on any atom is -0.507 e. The van der Waals surface area contributed by atoms with Gasteiger partial charge in [-0.1, -0.05) is 251 Å². The molecule has 6 aromatic carbocycles. The van der Waals surface area contributed by atoms with Crippen LogP contribution in [0.4, 0.5) is 0 Å². The molecule has 20 nitrogen and oxygen atoms in total. The topological polar surface area (TPSA) is 272 Å². The first-order valence-electron chi connectivity index (χ1n) is 49.4. The predicted octanol–water partition coefficient (Wildman–Crippen LogP) is 20.1. The predicted molar refractivity (Wildman–Crippen MR) is 573 cm³/mol. The Morgan fingerprint density at radius 2 is 0.379 bits per heavy atom. The summed E-state index contributed by atoms with van der Waals surface area (Å²) in [4.78, 5) is 4.61. The third-order valence-electron chi connectivity index (χ3n) is 28.8. The van der Waals surface area contributed by atoms with Gasteiger partial charge >= 0.3 is 98.9 Å². The molecule has 12 bridgehead atoms. The van der Waals surface area contributed by atoms with E-state index in [1.807, 2.05) is 0 Å². The number of phenolic OH excluding ortho intramolecular Hbond substituents is 6. The Morgan fingerprint density at radius 3 is 0.514 bits per heavy atom. The van der Waals surface area contributed by atoms with Crippen molar-refractivity contribution in [2.24, 2.45) is 10.8 Å². The average Bonchev–Trinajstić information content (AvgIpc) is 0.806. The van der Waals surface area contributed by atoms with Crippen molar-refractivity contribution in [2.45, 2.75) is 365 Å². The smallest absolute Gasteiger partial charge is 0.507 e. The SMILES string of the molecule is CC(C)(C)c1cc2c(O)c(c1)CNC1CCCCC1NCc1cc(C(C)(C)C)cc(c1O)CNC1CCCCC1NC2.CCC1(CC)CNCc2cc(C(C)(C)C)cc(c2O)CNCC(CC)(CC)CNCc2cc(C(C)(C)C)cc(c2O)CNC1.CN1CCNCc2cc(C(C)(C)C)cc(c2O)CNCCN(C)CCNCc2cc(C(C)(C)C)cc(c2O)CNCC1.[CH3-].[CH3-].[CH3-].[CH3-].[CH3-].[CH3-].[Ni+3].[Ni+3].[Ni+3].[Ni+3].[Ni+3].[Ni+3]. The third kappa shape index (κ3) is 42.2. The van der Waals surface area contributed by atoms with E-state index in [2.05, 4.69) is 313 Å². The van der Waals surface area contributed by atoms with Crippen LogP contribution in [0, 0.1) is 55.4 Å². The maximum Gasteiger partial charge on any atom is 3.00 e. The molecule has 2 saturated carbocycles. The molecular formula is C114H196N14Ni6O6+12. The molecule has 4 atom stereocenters. The van der Waals surface area contributed by atoms with E-state index in [1.165, 1.54) is 59.1 Å². The van der Waals surface area contributed by atoms with Crippen molar-refractivity contribution in [3.63, 3.8) is 0 Å². The van der Waals surface area contributed by atoms with E-state index in [0.717, 1.165) is 197 Å². The molecule has 5 aliphatic rings. The van der Waals surface area contributed by atoms with E-state index >= 15 is 0 Å². The number of nitrogens with one attached hydrogen (secondary N) is 12. The van der Waals surface area contributed by atoms with Crippen molar-refractivity contribution in [3.05, 3.63) is 217 Å². The van der Waals surface area contributed by atoms with Crippen LogP contribution in [-0.2, 0) is 210 Å². The number of hydrogen-bond acceptors (Lipinski definition) is 20. The number of nitrogens with zero attached hydrogens (tertiary/aromatic N) is 2. The van der Waals surface area contributed by atoms with Crippen LogP contribution >= 0.6 is 0 Å². The molecular weight excluding hydrogens is 2010 g/mol. The van der Waals surface area contributed by atoms with Crippen LogP contribution in [0.15, 0.2) is 72.8 Å². The minimum atomic E-state index is -0.0136. The van der Waals surface area contributed by atoms with Gasteiger partial charge in [0.25, 0.3) is 0 Å². The first kappa shape index (κ1) is 143. The number of aromatic hydroxyl groups is 6. The Kier molecular flexibility index (Phi) is 66.1. The van der Waals surface area contributed by atoms with E-state index in [4.69, 9.17) is 0 Å². The van der Waals surface area contributed by atoms with Gasteiger partial charge in [0.15, 0.2) is 0 Å². The molecule has 6 radical (unpaired) electrons.